The van der Waals surface area contributed by atoms with Gasteiger partial charge in [0, 0.05) is 0 Å². The highest BCUT2D eigenvalue weighted by molar-refractivity contribution is 5.76. The number of rotatable bonds is 4. The predicted octanol–water partition coefficient (Wildman–Crippen LogP) is 3.68. The first-order valence-electron chi connectivity index (χ1n) is 7.76. The molecule has 2 aromatic rings. The zero-order valence-corrected chi connectivity index (χ0v) is 12.5. The lowest BCUT2D eigenvalue weighted by atomic mass is 9.85. The zero-order chi connectivity index (χ0) is 15.5. The molecule has 0 fully saturated rings. The number of carbonyl (C=O) groups is 1. The van der Waals surface area contributed by atoms with Crippen LogP contribution in [-0.4, -0.2) is 16.2 Å². The van der Waals surface area contributed by atoms with Crippen LogP contribution < -0.4 is 0 Å². The van der Waals surface area contributed by atoms with Crippen LogP contribution in [0.15, 0.2) is 42.5 Å². The third-order valence-corrected chi connectivity index (χ3v) is 4.45. The lowest BCUT2D eigenvalue weighted by Gasteiger charge is -2.19. The highest BCUT2D eigenvalue weighted by atomic mass is 16.4. The van der Waals surface area contributed by atoms with Gasteiger partial charge in [-0.15, -0.1) is 0 Å². The van der Waals surface area contributed by atoms with Crippen molar-refractivity contribution in [3.63, 3.8) is 0 Å². The molecule has 0 saturated heterocycles. The molecule has 0 bridgehead atoms. The molecule has 0 aromatic heterocycles. The van der Waals surface area contributed by atoms with E-state index in [9.17, 15) is 15.0 Å². The highest BCUT2D eigenvalue weighted by Crippen LogP contribution is 2.28. The number of benzene rings is 2. The summed E-state index contributed by atoms with van der Waals surface area (Å²) in [6.45, 7) is 0. The maximum atomic E-state index is 11.7. The van der Waals surface area contributed by atoms with Crippen LogP contribution in [-0.2, 0) is 24.1 Å². The van der Waals surface area contributed by atoms with E-state index in [-0.39, 0.29) is 5.75 Å². The minimum atomic E-state index is -0.802. The third kappa shape index (κ3) is 3.14. The maximum Gasteiger partial charge on any atom is 0.311 e. The number of hydrogen-bond acceptors (Lipinski definition) is 2. The Kier molecular flexibility index (Phi) is 4.14. The van der Waals surface area contributed by atoms with Crippen LogP contribution >= 0.6 is 0 Å². The second-order valence-electron chi connectivity index (χ2n) is 6.00. The first-order valence-corrected chi connectivity index (χ1v) is 7.76. The van der Waals surface area contributed by atoms with Crippen LogP contribution in [0.4, 0.5) is 0 Å². The normalized spacial score (nSPS) is 15.1. The van der Waals surface area contributed by atoms with E-state index in [0.29, 0.717) is 6.42 Å². The van der Waals surface area contributed by atoms with Gasteiger partial charge >= 0.3 is 5.97 Å². The summed E-state index contributed by atoms with van der Waals surface area (Å²) in [5.41, 5.74) is 4.47. The summed E-state index contributed by atoms with van der Waals surface area (Å²) in [5.74, 6) is -1.15. The minimum Gasteiger partial charge on any atom is -0.508 e. The summed E-state index contributed by atoms with van der Waals surface area (Å²) in [7, 11) is 0. The molecule has 3 heteroatoms. The number of phenols is 1. The number of carboxylic acids is 1. The fraction of sp³-hybridized carbons (Fsp3) is 0.316. The number of hydrogen-bond donors (Lipinski definition) is 2. The summed E-state index contributed by atoms with van der Waals surface area (Å²) in [5, 5.41) is 18.9. The maximum absolute atomic E-state index is 11.7. The molecule has 0 spiro atoms. The molecule has 0 amide bonds. The van der Waals surface area contributed by atoms with Crippen molar-refractivity contribution in [3.8, 4) is 5.75 Å². The van der Waals surface area contributed by atoms with Crippen LogP contribution in [0.3, 0.4) is 0 Å². The average molecular weight is 296 g/mol. The van der Waals surface area contributed by atoms with E-state index < -0.39 is 11.9 Å². The van der Waals surface area contributed by atoms with Gasteiger partial charge in [0.15, 0.2) is 0 Å². The lowest BCUT2D eigenvalue weighted by molar-refractivity contribution is -0.138. The van der Waals surface area contributed by atoms with Crippen LogP contribution in [0.5, 0.6) is 5.75 Å². The number of phenolic OH excluding ortho intramolecular Hbond substituents is 1. The SMILES string of the molecule is O=C(O)C(Cc1ccc(O)cc1)c1ccc2c(c1)CCCC2. The van der Waals surface area contributed by atoms with Crippen LogP contribution in [0.1, 0.15) is 41.0 Å². The Morgan fingerprint density at radius 2 is 1.68 bits per heavy atom. The number of carboxylic acid groups (broad SMARTS) is 1. The van der Waals surface area contributed by atoms with E-state index in [0.717, 1.165) is 24.0 Å². The first-order chi connectivity index (χ1) is 10.6. The molecule has 1 aliphatic rings. The van der Waals surface area contributed by atoms with Gasteiger partial charge in [-0.3, -0.25) is 4.79 Å². The van der Waals surface area contributed by atoms with Gasteiger partial charge in [0.1, 0.15) is 5.75 Å². The van der Waals surface area contributed by atoms with Gasteiger partial charge in [-0.25, -0.2) is 0 Å². The van der Waals surface area contributed by atoms with Crippen LogP contribution in [0, 0.1) is 0 Å². The average Bonchev–Trinajstić information content (AvgIpc) is 2.53. The molecule has 1 atom stereocenters. The van der Waals surface area contributed by atoms with Gasteiger partial charge in [0.25, 0.3) is 0 Å². The number of fused-ring (bicyclic) bond motifs is 1. The van der Waals surface area contributed by atoms with Gasteiger partial charge in [-0.05, 0) is 66.5 Å². The molecule has 0 aliphatic heterocycles. The largest absolute Gasteiger partial charge is 0.508 e. The molecular formula is C19H20O3. The third-order valence-electron chi connectivity index (χ3n) is 4.45. The molecule has 1 unspecified atom stereocenters. The monoisotopic (exact) mass is 296 g/mol. The van der Waals surface area contributed by atoms with Gasteiger partial charge in [0.2, 0.25) is 0 Å². The Labute approximate surface area is 130 Å². The van der Waals surface area contributed by atoms with Gasteiger partial charge in [-0.1, -0.05) is 30.3 Å². The van der Waals surface area contributed by atoms with E-state index in [1.165, 1.54) is 24.0 Å². The molecule has 0 radical (unpaired) electrons. The Morgan fingerprint density at radius 3 is 2.36 bits per heavy atom. The smallest absolute Gasteiger partial charge is 0.311 e. The summed E-state index contributed by atoms with van der Waals surface area (Å²) >= 11 is 0. The van der Waals surface area contributed by atoms with Crippen molar-refractivity contribution in [1.82, 2.24) is 0 Å². The molecule has 114 valence electrons. The fourth-order valence-electron chi connectivity index (χ4n) is 3.19. The fourth-order valence-corrected chi connectivity index (χ4v) is 3.19. The summed E-state index contributed by atoms with van der Waals surface area (Å²) in [4.78, 5) is 11.7. The molecule has 0 heterocycles. The number of aliphatic carboxylic acids is 1. The molecule has 3 rings (SSSR count). The number of aromatic hydroxyl groups is 1. The molecule has 0 saturated carbocycles. The Hall–Kier alpha value is -2.29. The van der Waals surface area contributed by atoms with Crippen molar-refractivity contribution in [1.29, 1.82) is 0 Å². The van der Waals surface area contributed by atoms with E-state index in [1.54, 1.807) is 24.3 Å². The van der Waals surface area contributed by atoms with E-state index in [2.05, 4.69) is 12.1 Å². The molecule has 2 N–H and O–H groups in total. The van der Waals surface area contributed by atoms with Gasteiger partial charge in [-0.2, -0.15) is 0 Å². The van der Waals surface area contributed by atoms with Crippen LogP contribution in [0.2, 0.25) is 0 Å². The van der Waals surface area contributed by atoms with Crippen molar-refractivity contribution in [2.75, 3.05) is 0 Å². The van der Waals surface area contributed by atoms with Crippen molar-refractivity contribution in [3.05, 3.63) is 64.7 Å². The Bertz CT molecular complexity index is 674. The first kappa shape index (κ1) is 14.6. The minimum absolute atomic E-state index is 0.199. The zero-order valence-electron chi connectivity index (χ0n) is 12.5. The van der Waals surface area contributed by atoms with Crippen molar-refractivity contribution < 1.29 is 15.0 Å². The quantitative estimate of drug-likeness (QED) is 0.905. The van der Waals surface area contributed by atoms with E-state index in [4.69, 9.17) is 0 Å². The summed E-state index contributed by atoms with van der Waals surface area (Å²) in [6, 6.07) is 12.9. The standard InChI is InChI=1S/C19H20O3/c20-17-9-5-13(6-10-17)11-18(19(21)22)16-8-7-14-3-1-2-4-15(14)12-16/h5-10,12,18,20H,1-4,11H2,(H,21,22). The Balaban J connectivity index is 1.87. The van der Waals surface area contributed by atoms with E-state index >= 15 is 0 Å². The van der Waals surface area contributed by atoms with Crippen LogP contribution in [0.25, 0.3) is 0 Å². The molecule has 22 heavy (non-hydrogen) atoms. The molecule has 3 nitrogen and oxygen atoms in total. The molecular weight excluding hydrogens is 276 g/mol. The highest BCUT2D eigenvalue weighted by Gasteiger charge is 2.22. The summed E-state index contributed by atoms with van der Waals surface area (Å²) in [6.07, 6.45) is 5.00. The lowest BCUT2D eigenvalue weighted by Crippen LogP contribution is -2.15. The van der Waals surface area contributed by atoms with E-state index in [1.807, 2.05) is 6.07 Å². The van der Waals surface area contributed by atoms with Gasteiger partial charge < -0.3 is 10.2 Å². The molecule has 1 aliphatic carbocycles. The van der Waals surface area contributed by atoms with Crippen molar-refractivity contribution in [2.45, 2.75) is 38.0 Å². The second kappa shape index (κ2) is 6.22. The number of aryl methyl sites for hydroxylation is 2. The van der Waals surface area contributed by atoms with Crippen molar-refractivity contribution in [2.24, 2.45) is 0 Å². The second-order valence-corrected chi connectivity index (χ2v) is 6.00. The molecule has 2 aromatic carbocycles. The van der Waals surface area contributed by atoms with Crippen molar-refractivity contribution >= 4 is 5.97 Å². The topological polar surface area (TPSA) is 57.5 Å². The predicted molar refractivity (Wildman–Crippen MR) is 85.3 cm³/mol. The Morgan fingerprint density at radius 1 is 1.00 bits per heavy atom. The summed E-state index contributed by atoms with van der Waals surface area (Å²) < 4.78 is 0. The van der Waals surface area contributed by atoms with Gasteiger partial charge in [0.05, 0.1) is 5.92 Å².